The molecule has 13 heavy (non-hydrogen) atoms. The quantitative estimate of drug-likeness (QED) is 0.728. The Kier molecular flexibility index (Phi) is 3.86. The van der Waals surface area contributed by atoms with Crippen LogP contribution < -0.4 is 11.5 Å². The zero-order valence-electron chi connectivity index (χ0n) is 8.03. The number of rotatable bonds is 4. The highest BCUT2D eigenvalue weighted by Crippen LogP contribution is 2.12. The normalized spacial score (nSPS) is 12.8. The predicted octanol–water partition coefficient (Wildman–Crippen LogP) is 1.13. The Morgan fingerprint density at radius 3 is 2.85 bits per heavy atom. The number of nitrogens with two attached hydrogens (primary N) is 2. The Morgan fingerprint density at radius 1 is 1.46 bits per heavy atom. The molecule has 0 saturated carbocycles. The zero-order valence-corrected chi connectivity index (χ0v) is 8.03. The van der Waals surface area contributed by atoms with Gasteiger partial charge in [-0.3, -0.25) is 4.98 Å². The van der Waals surface area contributed by atoms with Crippen LogP contribution in [-0.4, -0.2) is 11.5 Å². The maximum atomic E-state index is 5.93. The number of hydrogen-bond donors (Lipinski definition) is 2. The fourth-order valence-electron chi connectivity index (χ4n) is 1.26. The van der Waals surface area contributed by atoms with E-state index in [0.717, 1.165) is 24.2 Å². The summed E-state index contributed by atoms with van der Waals surface area (Å²) in [6.07, 6.45) is 1.86. The van der Waals surface area contributed by atoms with Crippen molar-refractivity contribution in [1.29, 1.82) is 0 Å². The van der Waals surface area contributed by atoms with Crippen molar-refractivity contribution in [2.24, 2.45) is 11.5 Å². The average molecular weight is 179 g/mol. The summed E-state index contributed by atoms with van der Waals surface area (Å²) in [5.74, 6) is 0. The first-order chi connectivity index (χ1) is 6.24. The van der Waals surface area contributed by atoms with Gasteiger partial charge in [-0.25, -0.2) is 0 Å². The van der Waals surface area contributed by atoms with Gasteiger partial charge in [0.1, 0.15) is 0 Å². The molecule has 1 aromatic heterocycles. The lowest BCUT2D eigenvalue weighted by Gasteiger charge is -2.10. The van der Waals surface area contributed by atoms with E-state index in [0.29, 0.717) is 6.54 Å². The number of hydrogen-bond acceptors (Lipinski definition) is 3. The standard InChI is InChI=1S/C10H17N3/c1-8-4-2-6-10(13-8)9(12)5-3-7-11/h2,4,6,9H,3,5,7,11-12H2,1H3/t9-/m0/s1. The third-order valence-corrected chi connectivity index (χ3v) is 2.01. The summed E-state index contributed by atoms with van der Waals surface area (Å²) in [4.78, 5) is 4.36. The molecule has 0 fully saturated rings. The maximum absolute atomic E-state index is 5.93. The second kappa shape index (κ2) is 4.94. The van der Waals surface area contributed by atoms with E-state index in [1.165, 1.54) is 0 Å². The van der Waals surface area contributed by atoms with Gasteiger partial charge >= 0.3 is 0 Å². The van der Waals surface area contributed by atoms with Crippen molar-refractivity contribution in [2.45, 2.75) is 25.8 Å². The average Bonchev–Trinajstić information content (AvgIpc) is 2.14. The molecule has 1 rings (SSSR count). The van der Waals surface area contributed by atoms with Crippen LogP contribution in [0.1, 0.15) is 30.3 Å². The van der Waals surface area contributed by atoms with E-state index in [9.17, 15) is 0 Å². The van der Waals surface area contributed by atoms with Crippen LogP contribution in [0.3, 0.4) is 0 Å². The SMILES string of the molecule is Cc1cccc([C@@H](N)CCCN)n1. The van der Waals surface area contributed by atoms with Crippen molar-refractivity contribution in [3.8, 4) is 0 Å². The van der Waals surface area contributed by atoms with Gasteiger partial charge in [0.25, 0.3) is 0 Å². The second-order valence-corrected chi connectivity index (χ2v) is 3.24. The fourth-order valence-corrected chi connectivity index (χ4v) is 1.26. The molecule has 0 aromatic carbocycles. The third-order valence-electron chi connectivity index (χ3n) is 2.01. The summed E-state index contributed by atoms with van der Waals surface area (Å²) in [6.45, 7) is 2.67. The molecular weight excluding hydrogens is 162 g/mol. The van der Waals surface area contributed by atoms with Gasteiger partial charge in [0.05, 0.1) is 5.69 Å². The molecule has 0 bridgehead atoms. The van der Waals surface area contributed by atoms with Crippen LogP contribution >= 0.6 is 0 Å². The predicted molar refractivity (Wildman–Crippen MR) is 54.2 cm³/mol. The summed E-state index contributed by atoms with van der Waals surface area (Å²) in [7, 11) is 0. The van der Waals surface area contributed by atoms with E-state index in [4.69, 9.17) is 11.5 Å². The lowest BCUT2D eigenvalue weighted by atomic mass is 10.1. The van der Waals surface area contributed by atoms with E-state index in [2.05, 4.69) is 4.98 Å². The Bertz CT molecular complexity index is 260. The van der Waals surface area contributed by atoms with Gasteiger partial charge in [-0.1, -0.05) is 6.07 Å². The molecule has 0 amide bonds. The molecular formula is C10H17N3. The number of aryl methyl sites for hydroxylation is 1. The molecule has 3 heteroatoms. The highest BCUT2D eigenvalue weighted by atomic mass is 14.8. The molecule has 3 nitrogen and oxygen atoms in total. The Balaban J connectivity index is 2.60. The van der Waals surface area contributed by atoms with Crippen molar-refractivity contribution in [3.63, 3.8) is 0 Å². The van der Waals surface area contributed by atoms with Crippen LogP contribution in [0.4, 0.5) is 0 Å². The van der Waals surface area contributed by atoms with Gasteiger partial charge in [-0.05, 0) is 38.4 Å². The van der Waals surface area contributed by atoms with Crippen LogP contribution in [0.5, 0.6) is 0 Å². The molecule has 0 aliphatic rings. The molecule has 4 N–H and O–H groups in total. The Hall–Kier alpha value is -0.930. The summed E-state index contributed by atoms with van der Waals surface area (Å²) < 4.78 is 0. The van der Waals surface area contributed by atoms with Gasteiger partial charge in [-0.2, -0.15) is 0 Å². The molecule has 1 aromatic rings. The highest BCUT2D eigenvalue weighted by molar-refractivity contribution is 5.12. The van der Waals surface area contributed by atoms with E-state index in [-0.39, 0.29) is 6.04 Å². The summed E-state index contributed by atoms with van der Waals surface area (Å²) >= 11 is 0. The van der Waals surface area contributed by atoms with Gasteiger partial charge < -0.3 is 11.5 Å². The molecule has 0 saturated heterocycles. The minimum atomic E-state index is 0.0310. The van der Waals surface area contributed by atoms with Crippen LogP contribution in [0.2, 0.25) is 0 Å². The van der Waals surface area contributed by atoms with Crippen LogP contribution in [0.25, 0.3) is 0 Å². The van der Waals surface area contributed by atoms with Gasteiger partial charge in [-0.15, -0.1) is 0 Å². The van der Waals surface area contributed by atoms with Gasteiger partial charge in [0.2, 0.25) is 0 Å². The molecule has 0 unspecified atom stereocenters. The summed E-state index contributed by atoms with van der Waals surface area (Å²) in [5.41, 5.74) is 13.3. The van der Waals surface area contributed by atoms with Crippen molar-refractivity contribution in [1.82, 2.24) is 4.98 Å². The molecule has 0 aliphatic heterocycles. The topological polar surface area (TPSA) is 64.9 Å². The van der Waals surface area contributed by atoms with Crippen molar-refractivity contribution in [3.05, 3.63) is 29.6 Å². The highest BCUT2D eigenvalue weighted by Gasteiger charge is 2.05. The fraction of sp³-hybridized carbons (Fsp3) is 0.500. The summed E-state index contributed by atoms with van der Waals surface area (Å²) in [5, 5.41) is 0. The number of nitrogens with zero attached hydrogens (tertiary/aromatic N) is 1. The minimum absolute atomic E-state index is 0.0310. The molecule has 0 radical (unpaired) electrons. The third kappa shape index (κ3) is 3.13. The van der Waals surface area contributed by atoms with E-state index in [1.807, 2.05) is 25.1 Å². The smallest absolute Gasteiger partial charge is 0.0574 e. The Labute approximate surface area is 79.2 Å². The van der Waals surface area contributed by atoms with Gasteiger partial charge in [0.15, 0.2) is 0 Å². The first-order valence-electron chi connectivity index (χ1n) is 4.63. The monoisotopic (exact) mass is 179 g/mol. The van der Waals surface area contributed by atoms with E-state index in [1.54, 1.807) is 0 Å². The van der Waals surface area contributed by atoms with Gasteiger partial charge in [0, 0.05) is 11.7 Å². The Morgan fingerprint density at radius 2 is 2.23 bits per heavy atom. The first-order valence-corrected chi connectivity index (χ1v) is 4.63. The summed E-state index contributed by atoms with van der Waals surface area (Å²) in [6, 6.07) is 5.95. The van der Waals surface area contributed by atoms with E-state index >= 15 is 0 Å². The molecule has 1 atom stereocenters. The van der Waals surface area contributed by atoms with E-state index < -0.39 is 0 Å². The second-order valence-electron chi connectivity index (χ2n) is 3.24. The molecule has 1 heterocycles. The van der Waals surface area contributed by atoms with Crippen molar-refractivity contribution in [2.75, 3.05) is 6.54 Å². The van der Waals surface area contributed by atoms with Crippen molar-refractivity contribution >= 4 is 0 Å². The first kappa shape index (κ1) is 10.2. The number of aromatic nitrogens is 1. The molecule has 0 aliphatic carbocycles. The van der Waals surface area contributed by atoms with Crippen LogP contribution in [0, 0.1) is 6.92 Å². The molecule has 0 spiro atoms. The maximum Gasteiger partial charge on any atom is 0.0574 e. The zero-order chi connectivity index (χ0) is 9.68. The largest absolute Gasteiger partial charge is 0.330 e. The van der Waals surface area contributed by atoms with Crippen LogP contribution in [-0.2, 0) is 0 Å². The van der Waals surface area contributed by atoms with Crippen molar-refractivity contribution < 1.29 is 0 Å². The minimum Gasteiger partial charge on any atom is -0.330 e. The van der Waals surface area contributed by atoms with Crippen LogP contribution in [0.15, 0.2) is 18.2 Å². The number of pyridine rings is 1. The lowest BCUT2D eigenvalue weighted by Crippen LogP contribution is -2.14. The molecule has 72 valence electrons. The lowest BCUT2D eigenvalue weighted by molar-refractivity contribution is 0.602.